The summed E-state index contributed by atoms with van der Waals surface area (Å²) in [5.74, 6) is -0.928. The molecule has 20 heavy (non-hydrogen) atoms. The highest BCUT2D eigenvalue weighted by atomic mass is 16.5. The lowest BCUT2D eigenvalue weighted by Crippen LogP contribution is -2.14. The van der Waals surface area contributed by atoms with E-state index in [1.807, 2.05) is 0 Å². The smallest absolute Gasteiger partial charge is 0.339 e. The lowest BCUT2D eigenvalue weighted by atomic mass is 10.2. The molecule has 0 atom stereocenters. The van der Waals surface area contributed by atoms with E-state index in [0.29, 0.717) is 11.5 Å². The summed E-state index contributed by atoms with van der Waals surface area (Å²) < 4.78 is 4.97. The molecule has 0 aliphatic rings. The number of ether oxygens (including phenoxy) is 1. The van der Waals surface area contributed by atoms with Crippen LogP contribution in [0.5, 0.6) is 5.75 Å². The zero-order chi connectivity index (χ0) is 14.7. The molecule has 0 saturated carbocycles. The van der Waals surface area contributed by atoms with Crippen molar-refractivity contribution in [1.82, 2.24) is 15.2 Å². The quantitative estimate of drug-likeness (QED) is 0.769. The number of carboxylic acid groups (broad SMARTS) is 1. The van der Waals surface area contributed by atoms with E-state index in [-0.39, 0.29) is 17.1 Å². The van der Waals surface area contributed by atoms with Gasteiger partial charge in [0.1, 0.15) is 17.1 Å². The molecule has 2 rings (SSSR count). The maximum atomic E-state index is 11.8. The number of aromatic carboxylic acids is 1. The molecular weight excluding hydrogens is 264 g/mol. The van der Waals surface area contributed by atoms with E-state index in [9.17, 15) is 9.59 Å². The molecule has 0 unspecified atom stereocenters. The van der Waals surface area contributed by atoms with E-state index >= 15 is 0 Å². The van der Waals surface area contributed by atoms with Crippen LogP contribution in [0.3, 0.4) is 0 Å². The van der Waals surface area contributed by atoms with Crippen LogP contribution in [0.15, 0.2) is 18.2 Å². The number of aromatic nitrogens is 3. The van der Waals surface area contributed by atoms with Crippen molar-refractivity contribution >= 4 is 17.6 Å². The third kappa shape index (κ3) is 2.74. The van der Waals surface area contributed by atoms with E-state index in [0.717, 1.165) is 0 Å². The molecule has 0 spiro atoms. The third-order valence-corrected chi connectivity index (χ3v) is 2.49. The molecule has 1 amide bonds. The largest absolute Gasteiger partial charge is 0.496 e. The average molecular weight is 276 g/mol. The van der Waals surface area contributed by atoms with Crippen LogP contribution in [-0.2, 0) is 0 Å². The van der Waals surface area contributed by atoms with E-state index < -0.39 is 11.9 Å². The van der Waals surface area contributed by atoms with Crippen molar-refractivity contribution in [3.05, 3.63) is 35.4 Å². The minimum absolute atomic E-state index is 0.00350. The highest BCUT2D eigenvalue weighted by Gasteiger charge is 2.15. The minimum Gasteiger partial charge on any atom is -0.496 e. The van der Waals surface area contributed by atoms with Crippen LogP contribution in [0.2, 0.25) is 0 Å². The second kappa shape index (κ2) is 5.39. The van der Waals surface area contributed by atoms with Gasteiger partial charge in [-0.15, -0.1) is 5.10 Å². The maximum absolute atomic E-state index is 11.8. The monoisotopic (exact) mass is 276 g/mol. The van der Waals surface area contributed by atoms with Crippen molar-refractivity contribution in [1.29, 1.82) is 0 Å². The first-order valence-corrected chi connectivity index (χ1v) is 5.63. The summed E-state index contributed by atoms with van der Waals surface area (Å²) in [4.78, 5) is 26.7. The molecule has 2 aromatic rings. The van der Waals surface area contributed by atoms with Gasteiger partial charge in [0.05, 0.1) is 7.11 Å². The summed E-state index contributed by atoms with van der Waals surface area (Å²) in [5.41, 5.74) is 0.401. The number of rotatable bonds is 4. The van der Waals surface area contributed by atoms with Crippen molar-refractivity contribution in [2.45, 2.75) is 6.92 Å². The van der Waals surface area contributed by atoms with E-state index in [4.69, 9.17) is 9.84 Å². The molecule has 0 aliphatic carbocycles. The number of benzene rings is 1. The number of carboxylic acids is 1. The number of nitrogens with zero attached hydrogens (tertiary/aromatic N) is 2. The number of aromatic amines is 1. The van der Waals surface area contributed by atoms with Gasteiger partial charge in [0, 0.05) is 11.8 Å². The number of anilines is 1. The Kier molecular flexibility index (Phi) is 3.65. The number of nitrogens with one attached hydrogen (secondary N) is 2. The number of carbonyl (C=O) groups is 2. The molecule has 0 aliphatic heterocycles. The molecule has 0 fully saturated rings. The molecule has 1 aromatic carbocycles. The Hall–Kier alpha value is -2.90. The fourth-order valence-corrected chi connectivity index (χ4v) is 1.58. The zero-order valence-electron chi connectivity index (χ0n) is 10.8. The molecule has 104 valence electrons. The van der Waals surface area contributed by atoms with Gasteiger partial charge >= 0.3 is 5.97 Å². The Balaban J connectivity index is 2.22. The molecule has 1 heterocycles. The number of amides is 1. The van der Waals surface area contributed by atoms with Crippen LogP contribution in [-0.4, -0.2) is 39.3 Å². The van der Waals surface area contributed by atoms with Gasteiger partial charge in [-0.2, -0.15) is 0 Å². The van der Waals surface area contributed by atoms with E-state index in [1.54, 1.807) is 6.92 Å². The normalized spacial score (nSPS) is 10.1. The van der Waals surface area contributed by atoms with Crippen LogP contribution in [0.4, 0.5) is 5.69 Å². The molecule has 8 nitrogen and oxygen atoms in total. The van der Waals surface area contributed by atoms with Crippen molar-refractivity contribution in [2.24, 2.45) is 0 Å². The number of aryl methyl sites for hydroxylation is 1. The Morgan fingerprint density at radius 2 is 2.15 bits per heavy atom. The first kappa shape index (κ1) is 13.5. The third-order valence-electron chi connectivity index (χ3n) is 2.49. The number of methoxy groups -OCH3 is 1. The van der Waals surface area contributed by atoms with Gasteiger partial charge < -0.3 is 15.2 Å². The number of H-pyrrole nitrogens is 1. The fraction of sp³-hybridized carbons (Fsp3) is 0.167. The second-order valence-corrected chi connectivity index (χ2v) is 3.92. The predicted octanol–water partition coefficient (Wildman–Crippen LogP) is 1.07. The number of carbonyl (C=O) groups excluding carboxylic acids is 1. The lowest BCUT2D eigenvalue weighted by Gasteiger charge is -2.08. The topological polar surface area (TPSA) is 117 Å². The molecular formula is C12H12N4O4. The first-order valence-electron chi connectivity index (χ1n) is 5.63. The summed E-state index contributed by atoms with van der Waals surface area (Å²) in [6.45, 7) is 1.68. The SMILES string of the molecule is COc1cc(NC(=O)c2n[nH]c(C)n2)ccc1C(=O)O. The molecule has 1 aromatic heterocycles. The van der Waals surface area contributed by atoms with Crippen LogP contribution in [0.1, 0.15) is 26.8 Å². The second-order valence-electron chi connectivity index (χ2n) is 3.92. The van der Waals surface area contributed by atoms with Gasteiger partial charge in [-0.05, 0) is 19.1 Å². The van der Waals surface area contributed by atoms with Gasteiger partial charge in [-0.3, -0.25) is 9.89 Å². The van der Waals surface area contributed by atoms with Crippen LogP contribution < -0.4 is 10.1 Å². The Morgan fingerprint density at radius 3 is 2.70 bits per heavy atom. The lowest BCUT2D eigenvalue weighted by molar-refractivity contribution is 0.0693. The van der Waals surface area contributed by atoms with Crippen molar-refractivity contribution in [2.75, 3.05) is 12.4 Å². The minimum atomic E-state index is -1.11. The Labute approximate surface area is 113 Å². The standard InChI is InChI=1S/C12H12N4O4/c1-6-13-10(16-15-6)11(17)14-7-3-4-8(12(18)19)9(5-7)20-2/h3-5H,1-2H3,(H,14,17)(H,18,19)(H,13,15,16). The van der Waals surface area contributed by atoms with Gasteiger partial charge in [0.25, 0.3) is 5.91 Å². The summed E-state index contributed by atoms with van der Waals surface area (Å²) in [5, 5.41) is 17.8. The molecule has 0 radical (unpaired) electrons. The highest BCUT2D eigenvalue weighted by molar-refractivity contribution is 6.02. The molecule has 3 N–H and O–H groups in total. The van der Waals surface area contributed by atoms with Gasteiger partial charge in [-0.25, -0.2) is 9.78 Å². The summed E-state index contributed by atoms with van der Waals surface area (Å²) in [7, 11) is 1.35. The van der Waals surface area contributed by atoms with Crippen molar-refractivity contribution in [3.8, 4) is 5.75 Å². The zero-order valence-corrected chi connectivity index (χ0v) is 10.8. The Bertz CT molecular complexity index is 665. The Morgan fingerprint density at radius 1 is 1.40 bits per heavy atom. The predicted molar refractivity (Wildman–Crippen MR) is 69.0 cm³/mol. The van der Waals surface area contributed by atoms with Gasteiger partial charge in [-0.1, -0.05) is 0 Å². The van der Waals surface area contributed by atoms with E-state index in [2.05, 4.69) is 20.5 Å². The van der Waals surface area contributed by atoms with Gasteiger partial charge in [0.15, 0.2) is 0 Å². The number of hydrogen-bond donors (Lipinski definition) is 3. The van der Waals surface area contributed by atoms with E-state index in [1.165, 1.54) is 25.3 Å². The van der Waals surface area contributed by atoms with Gasteiger partial charge in [0.2, 0.25) is 5.82 Å². The summed E-state index contributed by atoms with van der Waals surface area (Å²) in [6.07, 6.45) is 0. The maximum Gasteiger partial charge on any atom is 0.339 e. The fourth-order valence-electron chi connectivity index (χ4n) is 1.58. The molecule has 8 heteroatoms. The molecule has 0 saturated heterocycles. The van der Waals surface area contributed by atoms with Crippen LogP contribution in [0.25, 0.3) is 0 Å². The van der Waals surface area contributed by atoms with Crippen molar-refractivity contribution < 1.29 is 19.4 Å². The average Bonchev–Trinajstić information content (AvgIpc) is 2.85. The summed E-state index contributed by atoms with van der Waals surface area (Å²) >= 11 is 0. The molecule has 0 bridgehead atoms. The van der Waals surface area contributed by atoms with Crippen LogP contribution in [0, 0.1) is 6.92 Å². The van der Waals surface area contributed by atoms with Crippen LogP contribution >= 0.6 is 0 Å². The first-order chi connectivity index (χ1) is 9.51. The summed E-state index contributed by atoms with van der Waals surface area (Å²) in [6, 6.07) is 4.23. The highest BCUT2D eigenvalue weighted by Crippen LogP contribution is 2.23. The van der Waals surface area contributed by atoms with Crippen molar-refractivity contribution in [3.63, 3.8) is 0 Å². The number of hydrogen-bond acceptors (Lipinski definition) is 5.